The molecule has 0 aromatic heterocycles. The molecular formula is C17H28ClN3O. The van der Waals surface area contributed by atoms with Crippen LogP contribution < -0.4 is 11.1 Å². The minimum absolute atomic E-state index is 0. The van der Waals surface area contributed by atoms with Gasteiger partial charge in [-0.1, -0.05) is 26.0 Å². The van der Waals surface area contributed by atoms with Crippen molar-refractivity contribution in [2.45, 2.75) is 32.6 Å². The van der Waals surface area contributed by atoms with Crippen LogP contribution >= 0.6 is 12.4 Å². The molecule has 1 amide bonds. The SMILES string of the molecule is CC(C)c1cccc(NC(=O)CN2CCC(CN)CC2)c1.Cl. The number of anilines is 1. The molecule has 1 aliphatic rings. The molecular weight excluding hydrogens is 298 g/mol. The molecule has 4 nitrogen and oxygen atoms in total. The van der Waals surface area contributed by atoms with E-state index in [2.05, 4.69) is 36.2 Å². The summed E-state index contributed by atoms with van der Waals surface area (Å²) in [5.74, 6) is 1.17. The zero-order valence-electron chi connectivity index (χ0n) is 13.5. The first-order valence-electron chi connectivity index (χ1n) is 7.90. The molecule has 1 aliphatic heterocycles. The molecule has 2 rings (SSSR count). The monoisotopic (exact) mass is 325 g/mol. The van der Waals surface area contributed by atoms with Crippen LogP contribution in [-0.2, 0) is 4.79 Å². The standard InChI is InChI=1S/C17H27N3O.ClH/c1-13(2)15-4-3-5-16(10-15)19-17(21)12-20-8-6-14(11-18)7-9-20;/h3-5,10,13-14H,6-9,11-12,18H2,1-2H3,(H,19,21);1H. The Morgan fingerprint density at radius 3 is 2.64 bits per heavy atom. The fourth-order valence-corrected chi connectivity index (χ4v) is 2.76. The maximum Gasteiger partial charge on any atom is 0.238 e. The van der Waals surface area contributed by atoms with E-state index in [-0.39, 0.29) is 18.3 Å². The van der Waals surface area contributed by atoms with Gasteiger partial charge in [0.25, 0.3) is 0 Å². The van der Waals surface area contributed by atoms with Gasteiger partial charge in [-0.2, -0.15) is 0 Å². The van der Waals surface area contributed by atoms with Gasteiger partial charge in [-0.3, -0.25) is 9.69 Å². The summed E-state index contributed by atoms with van der Waals surface area (Å²) in [7, 11) is 0. The van der Waals surface area contributed by atoms with Crippen molar-refractivity contribution >= 4 is 24.0 Å². The van der Waals surface area contributed by atoms with Crippen LogP contribution in [0.15, 0.2) is 24.3 Å². The van der Waals surface area contributed by atoms with Crippen LogP contribution in [0.2, 0.25) is 0 Å². The van der Waals surface area contributed by atoms with Crippen LogP contribution in [0, 0.1) is 5.92 Å². The Morgan fingerprint density at radius 1 is 1.36 bits per heavy atom. The van der Waals surface area contributed by atoms with Gasteiger partial charge in [-0.15, -0.1) is 12.4 Å². The number of carbonyl (C=O) groups is 1. The van der Waals surface area contributed by atoms with E-state index in [1.807, 2.05) is 12.1 Å². The maximum absolute atomic E-state index is 12.1. The summed E-state index contributed by atoms with van der Waals surface area (Å²) in [6.07, 6.45) is 2.21. The summed E-state index contributed by atoms with van der Waals surface area (Å²) in [4.78, 5) is 14.4. The number of piperidine rings is 1. The van der Waals surface area contributed by atoms with Gasteiger partial charge in [-0.05, 0) is 62.0 Å². The van der Waals surface area contributed by atoms with Gasteiger partial charge < -0.3 is 11.1 Å². The van der Waals surface area contributed by atoms with Crippen LogP contribution in [-0.4, -0.2) is 37.0 Å². The summed E-state index contributed by atoms with van der Waals surface area (Å²) in [5.41, 5.74) is 7.83. The van der Waals surface area contributed by atoms with Crippen molar-refractivity contribution in [3.8, 4) is 0 Å². The van der Waals surface area contributed by atoms with Crippen LogP contribution in [0.25, 0.3) is 0 Å². The lowest BCUT2D eigenvalue weighted by molar-refractivity contribution is -0.117. The van der Waals surface area contributed by atoms with E-state index in [0.29, 0.717) is 18.4 Å². The summed E-state index contributed by atoms with van der Waals surface area (Å²) in [6.45, 7) is 7.50. The normalized spacial score (nSPS) is 16.4. The van der Waals surface area contributed by atoms with E-state index in [1.165, 1.54) is 5.56 Å². The Bertz CT molecular complexity index is 471. The minimum Gasteiger partial charge on any atom is -0.330 e. The highest BCUT2D eigenvalue weighted by atomic mass is 35.5. The Morgan fingerprint density at radius 2 is 2.05 bits per heavy atom. The van der Waals surface area contributed by atoms with Crippen LogP contribution in [0.5, 0.6) is 0 Å². The number of likely N-dealkylation sites (tertiary alicyclic amines) is 1. The number of benzene rings is 1. The number of nitrogens with two attached hydrogens (primary N) is 1. The van der Waals surface area contributed by atoms with E-state index >= 15 is 0 Å². The van der Waals surface area contributed by atoms with Gasteiger partial charge in [0.2, 0.25) is 5.91 Å². The molecule has 0 aliphatic carbocycles. The van der Waals surface area contributed by atoms with Gasteiger partial charge in [0, 0.05) is 5.69 Å². The van der Waals surface area contributed by atoms with E-state index < -0.39 is 0 Å². The summed E-state index contributed by atoms with van der Waals surface area (Å²) < 4.78 is 0. The van der Waals surface area contributed by atoms with Crippen molar-refractivity contribution in [2.24, 2.45) is 11.7 Å². The van der Waals surface area contributed by atoms with E-state index in [1.54, 1.807) is 0 Å². The van der Waals surface area contributed by atoms with Gasteiger partial charge in [0.1, 0.15) is 0 Å². The lowest BCUT2D eigenvalue weighted by Crippen LogP contribution is -2.40. The van der Waals surface area contributed by atoms with Gasteiger partial charge in [-0.25, -0.2) is 0 Å². The fraction of sp³-hybridized carbons (Fsp3) is 0.588. The maximum atomic E-state index is 12.1. The lowest BCUT2D eigenvalue weighted by atomic mass is 9.97. The molecule has 0 saturated carbocycles. The molecule has 124 valence electrons. The quantitative estimate of drug-likeness (QED) is 0.875. The Hall–Kier alpha value is -1.10. The van der Waals surface area contributed by atoms with Crippen LogP contribution in [0.1, 0.15) is 38.2 Å². The van der Waals surface area contributed by atoms with Crippen molar-refractivity contribution in [2.75, 3.05) is 31.5 Å². The zero-order valence-corrected chi connectivity index (χ0v) is 14.4. The molecule has 1 aromatic carbocycles. The number of hydrogen-bond acceptors (Lipinski definition) is 3. The van der Waals surface area contributed by atoms with Gasteiger partial charge >= 0.3 is 0 Å². The third kappa shape index (κ3) is 5.59. The van der Waals surface area contributed by atoms with E-state index in [4.69, 9.17) is 5.73 Å². The van der Waals surface area contributed by atoms with Crippen LogP contribution in [0.3, 0.4) is 0 Å². The number of amides is 1. The van der Waals surface area contributed by atoms with E-state index in [9.17, 15) is 4.79 Å². The predicted molar refractivity (Wildman–Crippen MR) is 94.6 cm³/mol. The second-order valence-electron chi connectivity index (χ2n) is 6.28. The number of nitrogens with one attached hydrogen (secondary N) is 1. The number of rotatable bonds is 5. The molecule has 1 saturated heterocycles. The number of nitrogens with zero attached hydrogens (tertiary/aromatic N) is 1. The molecule has 5 heteroatoms. The molecule has 0 radical (unpaired) electrons. The Labute approximate surface area is 139 Å². The van der Waals surface area contributed by atoms with Crippen molar-refractivity contribution in [3.63, 3.8) is 0 Å². The second kappa shape index (κ2) is 9.13. The Balaban J connectivity index is 0.00000242. The molecule has 1 fully saturated rings. The fourth-order valence-electron chi connectivity index (χ4n) is 2.76. The first-order chi connectivity index (χ1) is 10.1. The molecule has 1 aromatic rings. The zero-order chi connectivity index (χ0) is 15.2. The average molecular weight is 326 g/mol. The summed E-state index contributed by atoms with van der Waals surface area (Å²) >= 11 is 0. The third-order valence-electron chi connectivity index (χ3n) is 4.24. The topological polar surface area (TPSA) is 58.4 Å². The first kappa shape index (κ1) is 18.9. The highest BCUT2D eigenvalue weighted by Crippen LogP contribution is 2.19. The molecule has 0 bridgehead atoms. The molecule has 0 atom stereocenters. The predicted octanol–water partition coefficient (Wildman–Crippen LogP) is 2.84. The Kier molecular flexibility index (Phi) is 7.87. The van der Waals surface area contributed by atoms with Gasteiger partial charge in [0.05, 0.1) is 6.54 Å². The van der Waals surface area contributed by atoms with Crippen LogP contribution in [0.4, 0.5) is 5.69 Å². The number of hydrogen-bond donors (Lipinski definition) is 2. The molecule has 3 N–H and O–H groups in total. The lowest BCUT2D eigenvalue weighted by Gasteiger charge is -2.30. The summed E-state index contributed by atoms with van der Waals surface area (Å²) in [6, 6.07) is 8.10. The largest absolute Gasteiger partial charge is 0.330 e. The molecule has 0 spiro atoms. The van der Waals surface area contributed by atoms with Crippen molar-refractivity contribution in [1.29, 1.82) is 0 Å². The summed E-state index contributed by atoms with van der Waals surface area (Å²) in [5, 5.41) is 3.00. The van der Waals surface area contributed by atoms with E-state index in [0.717, 1.165) is 38.2 Å². The van der Waals surface area contributed by atoms with Gasteiger partial charge in [0.15, 0.2) is 0 Å². The number of carbonyl (C=O) groups excluding carboxylic acids is 1. The number of halogens is 1. The molecule has 1 heterocycles. The molecule has 22 heavy (non-hydrogen) atoms. The smallest absolute Gasteiger partial charge is 0.238 e. The highest BCUT2D eigenvalue weighted by Gasteiger charge is 2.19. The van der Waals surface area contributed by atoms with Crippen molar-refractivity contribution < 1.29 is 4.79 Å². The van der Waals surface area contributed by atoms with Crippen molar-refractivity contribution in [3.05, 3.63) is 29.8 Å². The average Bonchev–Trinajstić information content (AvgIpc) is 2.48. The third-order valence-corrected chi connectivity index (χ3v) is 4.24. The highest BCUT2D eigenvalue weighted by molar-refractivity contribution is 5.92. The molecule has 0 unspecified atom stereocenters. The minimum atomic E-state index is 0. The van der Waals surface area contributed by atoms with Crippen molar-refractivity contribution in [1.82, 2.24) is 4.90 Å². The first-order valence-corrected chi connectivity index (χ1v) is 7.90. The second-order valence-corrected chi connectivity index (χ2v) is 6.28.